The summed E-state index contributed by atoms with van der Waals surface area (Å²) >= 11 is 0. The minimum absolute atomic E-state index is 0.0367. The number of amides is 1. The predicted molar refractivity (Wildman–Crippen MR) is 130 cm³/mol. The van der Waals surface area contributed by atoms with Gasteiger partial charge in [0.2, 0.25) is 0 Å². The van der Waals surface area contributed by atoms with Gasteiger partial charge in [0, 0.05) is 43.4 Å². The van der Waals surface area contributed by atoms with E-state index in [4.69, 9.17) is 0 Å². The van der Waals surface area contributed by atoms with Gasteiger partial charge < -0.3 is 15.5 Å². The topological polar surface area (TPSA) is 134 Å². The van der Waals surface area contributed by atoms with Crippen molar-refractivity contribution in [3.05, 3.63) is 58.1 Å². The number of nitrogens with zero attached hydrogens (tertiary/aromatic N) is 3. The van der Waals surface area contributed by atoms with Gasteiger partial charge >= 0.3 is 0 Å². The van der Waals surface area contributed by atoms with Crippen molar-refractivity contribution in [2.75, 3.05) is 24.2 Å². The van der Waals surface area contributed by atoms with Crippen LogP contribution in [0.4, 0.5) is 17.1 Å². The fraction of sp³-hybridized carbons (Fsp3) is 0.391. The van der Waals surface area contributed by atoms with Crippen LogP contribution in [0.5, 0.6) is 0 Å². The van der Waals surface area contributed by atoms with E-state index >= 15 is 0 Å². The van der Waals surface area contributed by atoms with Crippen molar-refractivity contribution in [3.63, 3.8) is 0 Å². The normalized spacial score (nSPS) is 17.8. The highest BCUT2D eigenvalue weighted by Gasteiger charge is 2.26. The molecular formula is C23H27N5O5S. The number of anilines is 2. The molecule has 1 saturated carbocycles. The minimum Gasteiger partial charge on any atom is -0.377 e. The van der Waals surface area contributed by atoms with E-state index in [1.807, 2.05) is 11.9 Å². The van der Waals surface area contributed by atoms with Crippen LogP contribution in [0.25, 0.3) is 0 Å². The van der Waals surface area contributed by atoms with Crippen LogP contribution in [0, 0.1) is 10.1 Å². The number of likely N-dealkylation sites (tertiary alicyclic amines) is 1. The lowest BCUT2D eigenvalue weighted by Gasteiger charge is -2.17. The van der Waals surface area contributed by atoms with Gasteiger partial charge in [-0.1, -0.05) is 12.5 Å². The monoisotopic (exact) mass is 485 g/mol. The van der Waals surface area contributed by atoms with Crippen molar-refractivity contribution in [1.82, 2.24) is 4.90 Å². The summed E-state index contributed by atoms with van der Waals surface area (Å²) in [6, 6.07) is 10.3. The Morgan fingerprint density at radius 1 is 1.15 bits per heavy atom. The van der Waals surface area contributed by atoms with E-state index in [1.54, 1.807) is 6.07 Å². The number of carbonyl (C=O) groups is 1. The standard InChI is InChI=1S/C23H27N5O5S/c1-27-13-4-2-3-8-22(27)26-34(32,33)19-7-5-6-18(15-19)25-23(29)16-9-12-20(24-17-10-11-17)21(14-16)28(30)31/h5-7,9,12,14-15,17,24H,2-4,8,10-11,13H2,1H3,(H,25,29)/b26-22+. The van der Waals surface area contributed by atoms with Crippen LogP contribution >= 0.6 is 0 Å². The van der Waals surface area contributed by atoms with Crippen LogP contribution in [0.15, 0.2) is 51.8 Å². The van der Waals surface area contributed by atoms with Crippen LogP contribution in [0.3, 0.4) is 0 Å². The van der Waals surface area contributed by atoms with Crippen LogP contribution < -0.4 is 10.6 Å². The SMILES string of the molecule is CN1CCCCC/C1=N\S(=O)(=O)c1cccc(NC(=O)c2ccc(NC3CC3)c([N+](=O)[O-])c2)c1. The molecule has 2 aromatic carbocycles. The van der Waals surface area contributed by atoms with Gasteiger partial charge in [0.25, 0.3) is 21.6 Å². The Morgan fingerprint density at radius 2 is 1.94 bits per heavy atom. The third kappa shape index (κ3) is 5.71. The number of rotatable bonds is 7. The van der Waals surface area contributed by atoms with Gasteiger partial charge in [-0.05, 0) is 56.0 Å². The second-order valence-electron chi connectivity index (χ2n) is 8.60. The molecule has 1 aliphatic carbocycles. The molecule has 2 fully saturated rings. The van der Waals surface area contributed by atoms with Gasteiger partial charge in [-0.2, -0.15) is 8.42 Å². The summed E-state index contributed by atoms with van der Waals surface area (Å²) in [6.07, 6.45) is 5.42. The zero-order chi connectivity index (χ0) is 24.3. The van der Waals surface area contributed by atoms with Crippen LogP contribution in [-0.2, 0) is 10.0 Å². The first-order valence-electron chi connectivity index (χ1n) is 11.2. The van der Waals surface area contributed by atoms with Crippen molar-refractivity contribution in [1.29, 1.82) is 0 Å². The average Bonchev–Trinajstić information content (AvgIpc) is 3.63. The first kappa shape index (κ1) is 23.7. The number of hydrogen-bond acceptors (Lipinski definition) is 6. The first-order chi connectivity index (χ1) is 16.2. The quantitative estimate of drug-likeness (QED) is 0.447. The van der Waals surface area contributed by atoms with Crippen LogP contribution in [0.1, 0.15) is 48.9 Å². The maximum absolute atomic E-state index is 12.9. The predicted octanol–water partition coefficient (Wildman–Crippen LogP) is 4.01. The number of hydrogen-bond donors (Lipinski definition) is 2. The molecule has 1 aliphatic heterocycles. The third-order valence-corrected chi connectivity index (χ3v) is 7.14. The molecule has 2 aliphatic rings. The highest BCUT2D eigenvalue weighted by molar-refractivity contribution is 7.90. The molecule has 0 spiro atoms. The lowest BCUT2D eigenvalue weighted by atomic mass is 10.1. The summed E-state index contributed by atoms with van der Waals surface area (Å²) in [5.41, 5.74) is 0.545. The van der Waals surface area contributed by atoms with E-state index in [0.717, 1.165) is 38.6 Å². The van der Waals surface area contributed by atoms with Gasteiger partial charge in [0.05, 0.1) is 9.82 Å². The molecule has 0 atom stereocenters. The summed E-state index contributed by atoms with van der Waals surface area (Å²) in [7, 11) is -2.13. The van der Waals surface area contributed by atoms with E-state index in [1.165, 1.54) is 36.4 Å². The highest BCUT2D eigenvalue weighted by Crippen LogP contribution is 2.32. The summed E-state index contributed by atoms with van der Waals surface area (Å²) < 4.78 is 29.9. The van der Waals surface area contributed by atoms with Crippen LogP contribution in [0.2, 0.25) is 0 Å². The third-order valence-electron chi connectivity index (χ3n) is 5.84. The second kappa shape index (κ2) is 9.80. The largest absolute Gasteiger partial charge is 0.377 e. The van der Waals surface area contributed by atoms with Gasteiger partial charge in [-0.15, -0.1) is 4.40 Å². The van der Waals surface area contributed by atoms with E-state index < -0.39 is 20.9 Å². The number of nitrogens with one attached hydrogen (secondary N) is 2. The van der Waals surface area contributed by atoms with E-state index in [0.29, 0.717) is 17.9 Å². The van der Waals surface area contributed by atoms with Crippen molar-refractivity contribution in [2.45, 2.75) is 49.5 Å². The zero-order valence-electron chi connectivity index (χ0n) is 18.9. The van der Waals surface area contributed by atoms with Crippen molar-refractivity contribution >= 4 is 38.8 Å². The summed E-state index contributed by atoms with van der Waals surface area (Å²) in [5, 5.41) is 17.2. The number of amidine groups is 1. The van der Waals surface area contributed by atoms with E-state index in [2.05, 4.69) is 15.0 Å². The highest BCUT2D eigenvalue weighted by atomic mass is 32.2. The molecular weight excluding hydrogens is 458 g/mol. The number of nitro benzene ring substituents is 1. The maximum Gasteiger partial charge on any atom is 0.293 e. The molecule has 0 bridgehead atoms. The number of benzene rings is 2. The fourth-order valence-electron chi connectivity index (χ4n) is 3.77. The summed E-state index contributed by atoms with van der Waals surface area (Å²) in [5.74, 6) is -0.0513. The molecule has 1 amide bonds. The zero-order valence-corrected chi connectivity index (χ0v) is 19.7. The summed E-state index contributed by atoms with van der Waals surface area (Å²) in [6.45, 7) is 0.756. The molecule has 34 heavy (non-hydrogen) atoms. The number of sulfonamides is 1. The maximum atomic E-state index is 12.9. The molecule has 10 nitrogen and oxygen atoms in total. The Morgan fingerprint density at radius 3 is 2.68 bits per heavy atom. The molecule has 4 rings (SSSR count). The number of carbonyl (C=O) groups excluding carboxylic acids is 1. The smallest absolute Gasteiger partial charge is 0.293 e. The lowest BCUT2D eigenvalue weighted by molar-refractivity contribution is -0.384. The molecule has 2 aromatic rings. The van der Waals surface area contributed by atoms with Gasteiger partial charge in [-0.25, -0.2) is 0 Å². The summed E-state index contributed by atoms with van der Waals surface area (Å²) in [4.78, 5) is 25.5. The Balaban J connectivity index is 1.53. The Bertz CT molecular complexity index is 1240. The van der Waals surface area contributed by atoms with Gasteiger partial charge in [-0.3, -0.25) is 14.9 Å². The molecule has 180 valence electrons. The molecule has 0 unspecified atom stereocenters. The van der Waals surface area contributed by atoms with E-state index in [9.17, 15) is 23.3 Å². The first-order valence-corrected chi connectivity index (χ1v) is 12.7. The molecule has 11 heteroatoms. The average molecular weight is 486 g/mol. The van der Waals surface area contributed by atoms with E-state index in [-0.39, 0.29) is 27.9 Å². The Labute approximate surface area is 198 Å². The second-order valence-corrected chi connectivity index (χ2v) is 10.2. The molecule has 0 aromatic heterocycles. The van der Waals surface area contributed by atoms with Crippen molar-refractivity contribution < 1.29 is 18.1 Å². The van der Waals surface area contributed by atoms with Gasteiger partial charge in [0.1, 0.15) is 11.5 Å². The van der Waals surface area contributed by atoms with Crippen molar-refractivity contribution in [3.8, 4) is 0 Å². The molecule has 2 N–H and O–H groups in total. The van der Waals surface area contributed by atoms with Gasteiger partial charge in [0.15, 0.2) is 0 Å². The fourth-order valence-corrected chi connectivity index (χ4v) is 4.91. The Hall–Kier alpha value is -3.47. The van der Waals surface area contributed by atoms with Crippen molar-refractivity contribution in [2.24, 2.45) is 4.40 Å². The van der Waals surface area contributed by atoms with Crippen LogP contribution in [-0.4, -0.2) is 49.6 Å². The molecule has 0 radical (unpaired) electrons. The molecule has 1 heterocycles. The lowest BCUT2D eigenvalue weighted by Crippen LogP contribution is -2.26. The Kier molecular flexibility index (Phi) is 6.82. The number of nitro groups is 1. The molecule has 1 saturated heterocycles. The minimum atomic E-state index is -3.96.